The summed E-state index contributed by atoms with van der Waals surface area (Å²) in [4.78, 5) is 4.82. The SMILES string of the molecule is Pc1ccc(-c2ccc3cc(-c4ccc(-c5cccc6c5oc5ccccc56)nc4)ccc3c2)cc1. The lowest BCUT2D eigenvalue weighted by Crippen LogP contribution is -1.88. The molecule has 0 spiro atoms. The molecule has 1 atom stereocenters. The summed E-state index contributed by atoms with van der Waals surface area (Å²) in [6, 6.07) is 40.5. The van der Waals surface area contributed by atoms with Crippen molar-refractivity contribution in [3.05, 3.63) is 121 Å². The summed E-state index contributed by atoms with van der Waals surface area (Å²) in [5.74, 6) is 0. The normalized spacial score (nSPS) is 11.5. The maximum Gasteiger partial charge on any atom is 0.144 e. The Hall–Kier alpha value is -4.26. The molecule has 0 saturated carbocycles. The zero-order chi connectivity index (χ0) is 24.1. The number of para-hydroxylation sites is 2. The van der Waals surface area contributed by atoms with Crippen LogP contribution in [-0.2, 0) is 0 Å². The minimum atomic E-state index is 0.882. The van der Waals surface area contributed by atoms with E-state index in [1.54, 1.807) is 0 Å². The van der Waals surface area contributed by atoms with E-state index >= 15 is 0 Å². The molecule has 2 aromatic heterocycles. The molecule has 7 rings (SSSR count). The molecule has 0 saturated heterocycles. The Morgan fingerprint density at radius 1 is 0.556 bits per heavy atom. The molecule has 3 heteroatoms. The predicted octanol–water partition coefficient (Wildman–Crippen LogP) is 8.64. The number of fused-ring (bicyclic) bond motifs is 4. The molecule has 170 valence electrons. The molecule has 0 fully saturated rings. The minimum absolute atomic E-state index is 0.882. The third-order valence-corrected chi connectivity index (χ3v) is 7.25. The fourth-order valence-electron chi connectivity index (χ4n) is 4.95. The van der Waals surface area contributed by atoms with Crippen molar-refractivity contribution in [1.29, 1.82) is 0 Å². The molecule has 0 radical (unpaired) electrons. The van der Waals surface area contributed by atoms with Gasteiger partial charge in [-0.15, -0.1) is 9.24 Å². The van der Waals surface area contributed by atoms with E-state index in [-0.39, 0.29) is 0 Å². The highest BCUT2D eigenvalue weighted by atomic mass is 31.0. The molecule has 2 nitrogen and oxygen atoms in total. The van der Waals surface area contributed by atoms with Crippen LogP contribution in [0.5, 0.6) is 0 Å². The number of rotatable bonds is 3. The Morgan fingerprint density at radius 3 is 1.97 bits per heavy atom. The highest BCUT2D eigenvalue weighted by Gasteiger charge is 2.13. The number of furan rings is 1. The maximum absolute atomic E-state index is 6.21. The number of benzene rings is 5. The predicted molar refractivity (Wildman–Crippen MR) is 155 cm³/mol. The molecular weight excluding hydrogens is 457 g/mol. The van der Waals surface area contributed by atoms with Crippen molar-refractivity contribution in [3.8, 4) is 33.5 Å². The van der Waals surface area contributed by atoms with Gasteiger partial charge in [0.25, 0.3) is 0 Å². The standard InChI is InChI=1S/C33H22NOP/c36-27-15-12-21(13-16-27)22-8-9-24-19-25(11-10-23(24)18-22)26-14-17-31(34-20-26)30-6-3-5-29-28-4-1-2-7-32(28)35-33(29)30/h1-20H,36H2. The summed E-state index contributed by atoms with van der Waals surface area (Å²) in [7, 11) is 2.74. The maximum atomic E-state index is 6.21. The van der Waals surface area contributed by atoms with Crippen molar-refractivity contribution < 1.29 is 4.42 Å². The Kier molecular flexibility index (Phi) is 4.94. The van der Waals surface area contributed by atoms with Crippen LogP contribution in [0.1, 0.15) is 0 Å². The first-order chi connectivity index (χ1) is 17.7. The topological polar surface area (TPSA) is 26.0 Å². The molecule has 0 aliphatic carbocycles. The zero-order valence-electron chi connectivity index (χ0n) is 19.5. The highest BCUT2D eigenvalue weighted by molar-refractivity contribution is 7.27. The molecule has 7 aromatic rings. The lowest BCUT2D eigenvalue weighted by atomic mass is 9.98. The zero-order valence-corrected chi connectivity index (χ0v) is 20.6. The van der Waals surface area contributed by atoms with Gasteiger partial charge in [-0.3, -0.25) is 4.98 Å². The van der Waals surface area contributed by atoms with Crippen LogP contribution in [0.2, 0.25) is 0 Å². The molecule has 0 amide bonds. The van der Waals surface area contributed by atoms with E-state index < -0.39 is 0 Å². The van der Waals surface area contributed by atoms with E-state index in [1.807, 2.05) is 24.4 Å². The quantitative estimate of drug-likeness (QED) is 0.237. The summed E-state index contributed by atoms with van der Waals surface area (Å²) >= 11 is 0. The molecule has 1 unspecified atom stereocenters. The van der Waals surface area contributed by atoms with Gasteiger partial charge in [0.2, 0.25) is 0 Å². The molecule has 0 aliphatic heterocycles. The summed E-state index contributed by atoms with van der Waals surface area (Å²) in [5.41, 5.74) is 8.41. The second-order valence-corrected chi connectivity index (χ2v) is 9.78. The van der Waals surface area contributed by atoms with Crippen molar-refractivity contribution >= 4 is 47.3 Å². The van der Waals surface area contributed by atoms with Crippen molar-refractivity contribution in [3.63, 3.8) is 0 Å². The van der Waals surface area contributed by atoms with Crippen LogP contribution in [-0.4, -0.2) is 4.98 Å². The molecular formula is C33H22NOP. The Labute approximate surface area is 211 Å². The Bertz CT molecular complexity index is 1880. The van der Waals surface area contributed by atoms with Crippen molar-refractivity contribution in [2.24, 2.45) is 0 Å². The number of pyridine rings is 1. The van der Waals surface area contributed by atoms with Gasteiger partial charge in [0.05, 0.1) is 5.69 Å². The largest absolute Gasteiger partial charge is 0.455 e. The summed E-state index contributed by atoms with van der Waals surface area (Å²) in [6.45, 7) is 0. The smallest absolute Gasteiger partial charge is 0.144 e. The number of aromatic nitrogens is 1. The fourth-order valence-corrected chi connectivity index (χ4v) is 5.15. The molecule has 0 N–H and O–H groups in total. The van der Waals surface area contributed by atoms with Crippen LogP contribution >= 0.6 is 9.24 Å². The summed E-state index contributed by atoms with van der Waals surface area (Å²) in [5, 5.41) is 5.89. The van der Waals surface area contributed by atoms with Gasteiger partial charge in [-0.05, 0) is 63.1 Å². The van der Waals surface area contributed by atoms with Crippen LogP contribution in [0.15, 0.2) is 126 Å². The lowest BCUT2D eigenvalue weighted by Gasteiger charge is -2.08. The number of nitrogens with zero attached hydrogens (tertiary/aromatic N) is 1. The highest BCUT2D eigenvalue weighted by Crippen LogP contribution is 2.35. The summed E-state index contributed by atoms with van der Waals surface area (Å²) < 4.78 is 6.21. The van der Waals surface area contributed by atoms with Crippen molar-refractivity contribution in [1.82, 2.24) is 4.98 Å². The second kappa shape index (κ2) is 8.45. The van der Waals surface area contributed by atoms with E-state index in [0.29, 0.717) is 0 Å². The van der Waals surface area contributed by atoms with Crippen molar-refractivity contribution in [2.75, 3.05) is 0 Å². The second-order valence-electron chi connectivity index (χ2n) is 9.11. The molecule has 0 bridgehead atoms. The van der Waals surface area contributed by atoms with Gasteiger partial charge in [-0.1, -0.05) is 84.9 Å². The van der Waals surface area contributed by atoms with Gasteiger partial charge < -0.3 is 4.42 Å². The molecule has 2 heterocycles. The van der Waals surface area contributed by atoms with Crippen LogP contribution in [0.4, 0.5) is 0 Å². The first kappa shape index (κ1) is 21.1. The van der Waals surface area contributed by atoms with Crippen LogP contribution in [0.3, 0.4) is 0 Å². The van der Waals surface area contributed by atoms with E-state index in [0.717, 1.165) is 44.3 Å². The fraction of sp³-hybridized carbons (Fsp3) is 0. The Balaban J connectivity index is 1.23. The minimum Gasteiger partial charge on any atom is -0.455 e. The van der Waals surface area contributed by atoms with Gasteiger partial charge >= 0.3 is 0 Å². The van der Waals surface area contributed by atoms with Crippen LogP contribution in [0.25, 0.3) is 66.2 Å². The van der Waals surface area contributed by atoms with Gasteiger partial charge in [-0.25, -0.2) is 0 Å². The number of hydrogen-bond donors (Lipinski definition) is 0. The monoisotopic (exact) mass is 479 g/mol. The van der Waals surface area contributed by atoms with Gasteiger partial charge in [0.15, 0.2) is 0 Å². The summed E-state index contributed by atoms with van der Waals surface area (Å²) in [6.07, 6.45) is 1.96. The van der Waals surface area contributed by atoms with E-state index in [4.69, 9.17) is 9.40 Å². The average Bonchev–Trinajstić information content (AvgIpc) is 3.32. The van der Waals surface area contributed by atoms with Gasteiger partial charge in [0.1, 0.15) is 11.2 Å². The average molecular weight is 480 g/mol. The van der Waals surface area contributed by atoms with E-state index in [2.05, 4.69) is 106 Å². The lowest BCUT2D eigenvalue weighted by molar-refractivity contribution is 0.670. The van der Waals surface area contributed by atoms with Gasteiger partial charge in [-0.2, -0.15) is 0 Å². The Morgan fingerprint density at radius 2 is 1.22 bits per heavy atom. The first-order valence-electron chi connectivity index (χ1n) is 12.0. The molecule has 5 aromatic carbocycles. The van der Waals surface area contributed by atoms with E-state index in [1.165, 1.54) is 27.2 Å². The third-order valence-electron chi connectivity index (χ3n) is 6.86. The van der Waals surface area contributed by atoms with Crippen LogP contribution < -0.4 is 5.30 Å². The van der Waals surface area contributed by atoms with Crippen molar-refractivity contribution in [2.45, 2.75) is 0 Å². The molecule has 36 heavy (non-hydrogen) atoms. The first-order valence-corrected chi connectivity index (χ1v) is 12.6. The van der Waals surface area contributed by atoms with Gasteiger partial charge in [0, 0.05) is 28.1 Å². The number of hydrogen-bond acceptors (Lipinski definition) is 2. The third kappa shape index (κ3) is 3.59. The van der Waals surface area contributed by atoms with Crippen LogP contribution in [0, 0.1) is 0 Å². The van der Waals surface area contributed by atoms with E-state index in [9.17, 15) is 0 Å². The molecule has 0 aliphatic rings.